The van der Waals surface area contributed by atoms with E-state index < -0.39 is 150 Å². The third kappa shape index (κ3) is 17.4. The average molecular weight is 1680 g/mol. The van der Waals surface area contributed by atoms with Gasteiger partial charge in [0.15, 0.2) is 46.5 Å². The molecule has 4 aromatic heterocycles. The highest BCUT2D eigenvalue weighted by molar-refractivity contribution is 8.00. The molecule has 0 atom stereocenters. The van der Waals surface area contributed by atoms with Gasteiger partial charge in [0.2, 0.25) is 0 Å². The van der Waals surface area contributed by atoms with Crippen molar-refractivity contribution in [2.45, 2.75) is 143 Å². The molecule has 0 radical (unpaired) electrons. The maximum absolute atomic E-state index is 13.5. The summed E-state index contributed by atoms with van der Waals surface area (Å²) in [7, 11) is -2.00. The van der Waals surface area contributed by atoms with Crippen LogP contribution in [0.3, 0.4) is 0 Å². The van der Waals surface area contributed by atoms with Crippen molar-refractivity contribution in [1.29, 1.82) is 0 Å². The number of amides is 7. The largest absolute Gasteiger partial charge is 0.475 e. The Bertz CT molecular complexity index is 5470. The number of fused-ring (bicyclic) bond motifs is 4. The summed E-state index contributed by atoms with van der Waals surface area (Å²) >= 11 is 1.69. The Morgan fingerprint density at radius 3 is 0.795 bits per heavy atom. The van der Waals surface area contributed by atoms with Gasteiger partial charge in [0.1, 0.15) is 22.8 Å². The first-order chi connectivity index (χ1) is 55.2. The monoisotopic (exact) mass is 1680 g/mol. The first-order valence-corrected chi connectivity index (χ1v) is 40.9. The number of thioether (sulfide) groups is 1. The number of aromatic nitrogens is 4. The maximum Gasteiger partial charge on any atom is 0.377 e. The molecular weight excluding hydrogens is 1600 g/mol. The summed E-state index contributed by atoms with van der Waals surface area (Å²) in [4.78, 5) is 151. The van der Waals surface area contributed by atoms with E-state index in [1.807, 2.05) is 6.92 Å². The van der Waals surface area contributed by atoms with Crippen molar-refractivity contribution in [2.75, 3.05) is 55.8 Å². The zero-order chi connectivity index (χ0) is 84.9. The van der Waals surface area contributed by atoms with Crippen molar-refractivity contribution in [3.8, 4) is 0 Å². The summed E-state index contributed by atoms with van der Waals surface area (Å²) in [6, 6.07) is 12.1. The summed E-state index contributed by atoms with van der Waals surface area (Å²) in [5, 5.41) is 27.2. The molecule has 8 N–H and O–H groups in total. The third-order valence-corrected chi connectivity index (χ3v) is 26.5. The van der Waals surface area contributed by atoms with Gasteiger partial charge in [-0.25, -0.2) is 39.9 Å². The second kappa shape index (κ2) is 33.6. The molecule has 7 aliphatic rings. The standard InChI is InChI=1S/2C21H21F2N3O4S.C21H21F2N3O3S.C17H14F2N2O4/c2*1-11-16(18(27)20(29)25-21(2)9-31(30)10-21)15-4-3-7-26(15)17(11)19(28)24-12-5-6-13(22)14(23)8-12;1-11-16(18(27)20(29)25-21(2)9-30-10-21)15-4-3-7-26(15)17(11)19(28)24-12-5-6-13(22)14(23)8-12;1-8-13(15(22)17(24)25)12-3-2-6-21(12)14(8)16(23)20-9-4-5-10(18)11(19)7-9/h2*5-6,8H,3-4,7,9-10H2,1-2H3,(H,24,28)(H,25,29);5-6,8H,3-4,7,9-10H2,1-2H3,(H,24,28)(H,25,29);4-5,7H,2-3,6H2,1H3,(H,20,23)(H,24,25). The van der Waals surface area contributed by atoms with Crippen LogP contribution in [-0.2, 0) is 92.6 Å². The molecule has 0 saturated carbocycles. The van der Waals surface area contributed by atoms with Crippen molar-refractivity contribution in [3.63, 3.8) is 0 Å². The van der Waals surface area contributed by atoms with E-state index in [0.29, 0.717) is 134 Å². The number of hydrogen-bond acceptors (Lipinski definition) is 15. The van der Waals surface area contributed by atoms with Crippen LogP contribution < -0.4 is 37.2 Å². The van der Waals surface area contributed by atoms with Gasteiger partial charge in [-0.15, -0.1) is 0 Å². The van der Waals surface area contributed by atoms with Crippen molar-refractivity contribution in [3.05, 3.63) is 209 Å². The Kier molecular flexibility index (Phi) is 24.4. The molecule has 26 nitrogen and oxygen atoms in total. The molecule has 8 aromatic rings. The highest BCUT2D eigenvalue weighted by Crippen LogP contribution is 2.37. The first-order valence-electron chi connectivity index (χ1n) is 36.8. The molecule has 0 spiro atoms. The molecule has 616 valence electrons. The molecule has 0 bridgehead atoms. The van der Waals surface area contributed by atoms with Gasteiger partial charge in [-0.2, -0.15) is 11.8 Å². The van der Waals surface area contributed by atoms with Crippen molar-refractivity contribution in [2.24, 2.45) is 0 Å². The van der Waals surface area contributed by atoms with Crippen molar-refractivity contribution >= 4 is 127 Å². The summed E-state index contributed by atoms with van der Waals surface area (Å²) < 4.78 is 136. The van der Waals surface area contributed by atoms with Crippen molar-refractivity contribution < 1.29 is 106 Å². The highest BCUT2D eigenvalue weighted by Gasteiger charge is 2.45. The van der Waals surface area contributed by atoms with Gasteiger partial charge in [-0.3, -0.25) is 61.2 Å². The zero-order valence-electron chi connectivity index (χ0n) is 63.9. The minimum atomic E-state index is -1.59. The third-order valence-electron chi connectivity index (χ3n) is 20.9. The number of carboxylic acid groups (broad SMARTS) is 1. The van der Waals surface area contributed by atoms with Crippen LogP contribution in [0.2, 0.25) is 0 Å². The van der Waals surface area contributed by atoms with E-state index in [-0.39, 0.29) is 78.9 Å². The number of ketones is 4. The molecule has 7 amide bonds. The fourth-order valence-corrected chi connectivity index (χ4v) is 19.6. The predicted octanol–water partition coefficient (Wildman–Crippen LogP) is 9.80. The Labute approximate surface area is 671 Å². The first kappa shape index (κ1) is 84.9. The number of carboxylic acids is 1. The summed E-state index contributed by atoms with van der Waals surface area (Å²) in [5.41, 5.74) is 3.86. The van der Waals surface area contributed by atoms with E-state index in [4.69, 9.17) is 5.11 Å². The Morgan fingerprint density at radius 2 is 0.590 bits per heavy atom. The molecular formula is C80H77F8N11O15S3. The number of nitrogens with zero attached hydrogens (tertiary/aromatic N) is 4. The normalized spacial score (nSPS) is 18.6. The summed E-state index contributed by atoms with van der Waals surface area (Å²) in [6.07, 6.45) is 5.00. The Balaban J connectivity index is 0.000000144. The zero-order valence-corrected chi connectivity index (χ0v) is 66.3. The SMILES string of the molecule is Cc1c(C(=O)C(=O)NC2(C)CS(=O)C2)c2n(c1C(=O)Nc1ccc(F)c(F)c1)CCC2.Cc1c(C(=O)C(=O)NC2(C)CS(=O)C2)c2n(c1C(=O)Nc1ccc(F)c(F)c1)CCC2.Cc1c(C(=O)C(=O)NC2(C)CSC2)c2n(c1C(=O)Nc1ccc(F)c(F)c1)CCC2.Cc1c(C(=O)C(=O)O)c2n(c1C(=O)Nc1ccc(F)c(F)c1)CCC2. The second-order valence-corrected chi connectivity index (χ2v) is 34.0. The maximum atomic E-state index is 13.5. The molecule has 117 heavy (non-hydrogen) atoms. The highest BCUT2D eigenvalue weighted by atomic mass is 32.2. The van der Waals surface area contributed by atoms with Crippen LogP contribution in [0.15, 0.2) is 72.8 Å². The van der Waals surface area contributed by atoms with Crippen LogP contribution in [0.4, 0.5) is 57.9 Å². The molecule has 0 aliphatic carbocycles. The van der Waals surface area contributed by atoms with Crippen LogP contribution in [-0.4, -0.2) is 153 Å². The van der Waals surface area contributed by atoms with Crippen LogP contribution >= 0.6 is 11.8 Å². The fourth-order valence-electron chi connectivity index (χ4n) is 15.7. The Hall–Kier alpha value is -11.5. The number of carbonyl (C=O) groups is 12. The number of rotatable bonds is 19. The minimum Gasteiger partial charge on any atom is -0.475 e. The second-order valence-electron chi connectivity index (χ2n) is 30.1. The number of hydrogen-bond donors (Lipinski definition) is 8. The molecule has 3 saturated heterocycles. The lowest BCUT2D eigenvalue weighted by atomic mass is 10.0. The molecule has 3 fully saturated rings. The van der Waals surface area contributed by atoms with E-state index in [2.05, 4.69) is 37.2 Å². The molecule has 11 heterocycles. The van der Waals surface area contributed by atoms with Gasteiger partial charge in [-0.05, 0) is 171 Å². The number of benzene rings is 4. The smallest absolute Gasteiger partial charge is 0.377 e. The summed E-state index contributed by atoms with van der Waals surface area (Å²) in [5.74, 6) is -15.1. The average Bonchev–Trinajstić information content (AvgIpc) is 1.52. The van der Waals surface area contributed by atoms with E-state index in [9.17, 15) is 101 Å². The van der Waals surface area contributed by atoms with Gasteiger partial charge >= 0.3 is 5.97 Å². The number of Topliss-reactive ketones (excluding diaryl/α,β-unsaturated/α-hetero) is 4. The van der Waals surface area contributed by atoms with E-state index in [1.165, 1.54) is 31.2 Å². The van der Waals surface area contributed by atoms with Crippen LogP contribution in [0, 0.1) is 74.2 Å². The number of carbonyl (C=O) groups excluding carboxylic acids is 11. The fraction of sp³-hybridized carbons (Fsp3) is 0.350. The topological polar surface area (TPSA) is 363 Å². The van der Waals surface area contributed by atoms with Gasteiger partial charge in [0.25, 0.3) is 64.5 Å². The van der Waals surface area contributed by atoms with Crippen molar-refractivity contribution in [1.82, 2.24) is 34.2 Å². The number of anilines is 4. The van der Waals surface area contributed by atoms with Crippen LogP contribution in [0.25, 0.3) is 0 Å². The van der Waals surface area contributed by atoms with Gasteiger partial charge in [-0.1, -0.05) is 0 Å². The molecule has 15 rings (SSSR count). The van der Waals surface area contributed by atoms with Crippen LogP contribution in [0.1, 0.15) is 175 Å². The van der Waals surface area contributed by atoms with Gasteiger partial charge in [0.05, 0.1) is 38.9 Å². The lowest BCUT2D eigenvalue weighted by Crippen LogP contribution is -2.62. The number of halogens is 8. The predicted molar refractivity (Wildman–Crippen MR) is 415 cm³/mol. The van der Waals surface area contributed by atoms with Gasteiger partial charge < -0.3 is 60.6 Å². The lowest BCUT2D eigenvalue weighted by molar-refractivity contribution is -0.132. The van der Waals surface area contributed by atoms with E-state index in [0.717, 1.165) is 66.5 Å². The number of nitrogens with one attached hydrogen (secondary N) is 7. The van der Waals surface area contributed by atoms with Crippen LogP contribution in [0.5, 0.6) is 0 Å². The van der Waals surface area contributed by atoms with E-state index in [1.54, 1.807) is 64.6 Å². The van der Waals surface area contributed by atoms with Gasteiger partial charge in [0, 0.05) is 152 Å². The lowest BCUT2D eigenvalue weighted by Gasteiger charge is -2.38. The van der Waals surface area contributed by atoms with E-state index >= 15 is 0 Å². The quantitative estimate of drug-likeness (QED) is 0.0212. The molecule has 37 heteroatoms. The number of aliphatic carboxylic acids is 1. The minimum absolute atomic E-state index is 0.0282. The molecule has 0 unspecified atom stereocenters. The Morgan fingerprint density at radius 1 is 0.359 bits per heavy atom. The molecule has 4 aromatic carbocycles. The molecule has 7 aliphatic heterocycles. The summed E-state index contributed by atoms with van der Waals surface area (Å²) in [6.45, 7) is 13.7.